The highest BCUT2D eigenvalue weighted by Crippen LogP contribution is 2.13. The van der Waals surface area contributed by atoms with Crippen LogP contribution in [0.3, 0.4) is 0 Å². The molecule has 1 aliphatic rings. The van der Waals surface area contributed by atoms with Gasteiger partial charge in [-0.2, -0.15) is 0 Å². The van der Waals surface area contributed by atoms with Gasteiger partial charge in [-0.1, -0.05) is 6.92 Å². The van der Waals surface area contributed by atoms with E-state index in [-0.39, 0.29) is 22.6 Å². The molecule has 0 aliphatic carbocycles. The molecule has 0 saturated carbocycles. The third-order valence-corrected chi connectivity index (χ3v) is 5.24. The standard InChI is InChI=1S/C14H20N2O3S/c1-2-20(18,19)13-7-5-11(6-8-13)14(17)16-12-4-3-9-15-10-12/h5-8,12,15H,2-4,9-10H2,1H3,(H,16,17)/t12-/m0/s1. The lowest BCUT2D eigenvalue weighted by Crippen LogP contribution is -2.45. The minimum atomic E-state index is -3.21. The Balaban J connectivity index is 2.04. The van der Waals surface area contributed by atoms with E-state index in [1.54, 1.807) is 19.1 Å². The Kier molecular flexibility index (Phi) is 4.77. The van der Waals surface area contributed by atoms with Gasteiger partial charge in [0, 0.05) is 18.2 Å². The van der Waals surface area contributed by atoms with Gasteiger partial charge in [-0.15, -0.1) is 0 Å². The summed E-state index contributed by atoms with van der Waals surface area (Å²) in [4.78, 5) is 12.3. The van der Waals surface area contributed by atoms with Crippen molar-refractivity contribution in [2.75, 3.05) is 18.8 Å². The molecule has 0 radical (unpaired) electrons. The molecule has 2 rings (SSSR count). The normalized spacial score (nSPS) is 19.6. The summed E-state index contributed by atoms with van der Waals surface area (Å²) in [6.45, 7) is 3.38. The minimum Gasteiger partial charge on any atom is -0.348 e. The number of hydrogen-bond donors (Lipinski definition) is 2. The number of rotatable bonds is 4. The molecule has 1 atom stereocenters. The van der Waals surface area contributed by atoms with Gasteiger partial charge in [-0.3, -0.25) is 4.79 Å². The van der Waals surface area contributed by atoms with Gasteiger partial charge >= 0.3 is 0 Å². The van der Waals surface area contributed by atoms with Crippen molar-refractivity contribution >= 4 is 15.7 Å². The first kappa shape index (κ1) is 15.0. The van der Waals surface area contributed by atoms with Crippen LogP contribution < -0.4 is 10.6 Å². The van der Waals surface area contributed by atoms with Gasteiger partial charge in [-0.05, 0) is 43.7 Å². The van der Waals surface area contributed by atoms with Crippen LogP contribution in [0.5, 0.6) is 0 Å². The Labute approximate surface area is 119 Å². The van der Waals surface area contributed by atoms with Crippen LogP contribution in [0.25, 0.3) is 0 Å². The zero-order chi connectivity index (χ0) is 14.6. The van der Waals surface area contributed by atoms with Crippen molar-refractivity contribution in [1.29, 1.82) is 0 Å². The van der Waals surface area contributed by atoms with E-state index < -0.39 is 9.84 Å². The molecule has 20 heavy (non-hydrogen) atoms. The Hall–Kier alpha value is -1.40. The summed E-state index contributed by atoms with van der Waals surface area (Å²) in [5.41, 5.74) is 0.491. The number of carbonyl (C=O) groups is 1. The van der Waals surface area contributed by atoms with Crippen molar-refractivity contribution in [3.05, 3.63) is 29.8 Å². The summed E-state index contributed by atoms with van der Waals surface area (Å²) in [7, 11) is -3.21. The van der Waals surface area contributed by atoms with Crippen LogP contribution in [0.2, 0.25) is 0 Å². The number of sulfone groups is 1. The molecule has 1 fully saturated rings. The average Bonchev–Trinajstić information content (AvgIpc) is 2.48. The molecular formula is C14H20N2O3S. The van der Waals surface area contributed by atoms with Crippen LogP contribution in [0.15, 0.2) is 29.2 Å². The second-order valence-electron chi connectivity index (χ2n) is 4.94. The minimum absolute atomic E-state index is 0.0618. The van der Waals surface area contributed by atoms with Gasteiger partial charge in [0.05, 0.1) is 10.6 Å². The Morgan fingerprint density at radius 3 is 2.60 bits per heavy atom. The molecule has 1 saturated heterocycles. The molecule has 6 heteroatoms. The highest BCUT2D eigenvalue weighted by atomic mass is 32.2. The highest BCUT2D eigenvalue weighted by molar-refractivity contribution is 7.91. The zero-order valence-electron chi connectivity index (χ0n) is 11.6. The molecular weight excluding hydrogens is 276 g/mol. The number of amides is 1. The molecule has 1 heterocycles. The second kappa shape index (κ2) is 6.37. The summed E-state index contributed by atoms with van der Waals surface area (Å²) in [6, 6.07) is 6.26. The monoisotopic (exact) mass is 296 g/mol. The number of benzene rings is 1. The first-order valence-electron chi connectivity index (χ1n) is 6.87. The maximum atomic E-state index is 12.1. The van der Waals surface area contributed by atoms with Crippen LogP contribution in [0.1, 0.15) is 30.1 Å². The van der Waals surface area contributed by atoms with Gasteiger partial charge in [0.15, 0.2) is 9.84 Å². The maximum absolute atomic E-state index is 12.1. The lowest BCUT2D eigenvalue weighted by atomic mass is 10.1. The molecule has 1 aliphatic heterocycles. The predicted octanol–water partition coefficient (Wildman–Crippen LogP) is 0.962. The van der Waals surface area contributed by atoms with Crippen LogP contribution in [0.4, 0.5) is 0 Å². The van der Waals surface area contributed by atoms with Gasteiger partial charge in [0.25, 0.3) is 5.91 Å². The summed E-state index contributed by atoms with van der Waals surface area (Å²) in [5.74, 6) is -0.0918. The van der Waals surface area contributed by atoms with Gasteiger partial charge in [-0.25, -0.2) is 8.42 Å². The summed E-state index contributed by atoms with van der Waals surface area (Å²) in [5, 5.41) is 6.19. The van der Waals surface area contributed by atoms with Crippen molar-refractivity contribution in [2.45, 2.75) is 30.7 Å². The van der Waals surface area contributed by atoms with Crippen molar-refractivity contribution < 1.29 is 13.2 Å². The third kappa shape index (κ3) is 3.58. The fourth-order valence-corrected chi connectivity index (χ4v) is 3.11. The Morgan fingerprint density at radius 2 is 2.05 bits per heavy atom. The molecule has 1 aromatic carbocycles. The van der Waals surface area contributed by atoms with Crippen molar-refractivity contribution in [2.24, 2.45) is 0 Å². The van der Waals surface area contributed by atoms with Crippen LogP contribution >= 0.6 is 0 Å². The molecule has 0 spiro atoms. The molecule has 0 bridgehead atoms. The molecule has 0 unspecified atom stereocenters. The van der Waals surface area contributed by atoms with E-state index >= 15 is 0 Å². The second-order valence-corrected chi connectivity index (χ2v) is 7.22. The molecule has 5 nitrogen and oxygen atoms in total. The first-order valence-corrected chi connectivity index (χ1v) is 8.52. The quantitative estimate of drug-likeness (QED) is 0.868. The smallest absolute Gasteiger partial charge is 0.251 e. The summed E-state index contributed by atoms with van der Waals surface area (Å²) >= 11 is 0. The molecule has 110 valence electrons. The number of hydrogen-bond acceptors (Lipinski definition) is 4. The van der Waals surface area contributed by atoms with E-state index in [2.05, 4.69) is 10.6 Å². The van der Waals surface area contributed by atoms with Crippen LogP contribution in [0, 0.1) is 0 Å². The average molecular weight is 296 g/mol. The fourth-order valence-electron chi connectivity index (χ4n) is 2.22. The zero-order valence-corrected chi connectivity index (χ0v) is 12.4. The molecule has 2 N–H and O–H groups in total. The van der Waals surface area contributed by atoms with Gasteiger partial charge in [0.1, 0.15) is 0 Å². The Morgan fingerprint density at radius 1 is 1.35 bits per heavy atom. The van der Waals surface area contributed by atoms with Crippen LogP contribution in [-0.4, -0.2) is 39.2 Å². The van der Waals surface area contributed by atoms with Crippen LogP contribution in [-0.2, 0) is 9.84 Å². The fraction of sp³-hybridized carbons (Fsp3) is 0.500. The lowest BCUT2D eigenvalue weighted by Gasteiger charge is -2.23. The third-order valence-electron chi connectivity index (χ3n) is 3.49. The van der Waals surface area contributed by atoms with E-state index in [4.69, 9.17) is 0 Å². The van der Waals surface area contributed by atoms with E-state index in [0.29, 0.717) is 5.56 Å². The summed E-state index contributed by atoms with van der Waals surface area (Å²) < 4.78 is 23.4. The van der Waals surface area contributed by atoms with Gasteiger partial charge < -0.3 is 10.6 Å². The van der Waals surface area contributed by atoms with E-state index in [1.165, 1.54) is 12.1 Å². The van der Waals surface area contributed by atoms with E-state index in [9.17, 15) is 13.2 Å². The molecule has 0 aromatic heterocycles. The largest absolute Gasteiger partial charge is 0.348 e. The lowest BCUT2D eigenvalue weighted by molar-refractivity contribution is 0.0930. The number of piperidine rings is 1. The van der Waals surface area contributed by atoms with Crippen molar-refractivity contribution in [3.8, 4) is 0 Å². The highest BCUT2D eigenvalue weighted by Gasteiger charge is 2.17. The van der Waals surface area contributed by atoms with Crippen molar-refractivity contribution in [3.63, 3.8) is 0 Å². The molecule has 1 aromatic rings. The SMILES string of the molecule is CCS(=O)(=O)c1ccc(C(=O)N[C@H]2CCCNC2)cc1. The topological polar surface area (TPSA) is 75.3 Å². The summed E-state index contributed by atoms with van der Waals surface area (Å²) in [6.07, 6.45) is 2.03. The number of nitrogens with one attached hydrogen (secondary N) is 2. The van der Waals surface area contributed by atoms with E-state index in [0.717, 1.165) is 25.9 Å². The van der Waals surface area contributed by atoms with Gasteiger partial charge in [0.2, 0.25) is 0 Å². The van der Waals surface area contributed by atoms with E-state index in [1.807, 2.05) is 0 Å². The number of carbonyl (C=O) groups excluding carboxylic acids is 1. The maximum Gasteiger partial charge on any atom is 0.251 e. The predicted molar refractivity (Wildman–Crippen MR) is 77.5 cm³/mol. The van der Waals surface area contributed by atoms with Crippen molar-refractivity contribution in [1.82, 2.24) is 10.6 Å². The Bertz CT molecular complexity index is 561. The molecule has 1 amide bonds. The first-order chi connectivity index (χ1) is 9.53.